The molecule has 0 saturated carbocycles. The number of ether oxygens (including phenoxy) is 2. The lowest BCUT2D eigenvalue weighted by Crippen LogP contribution is -2.22. The van der Waals surface area contributed by atoms with Gasteiger partial charge in [0.15, 0.2) is 0 Å². The largest absolute Gasteiger partial charge is 0.513 e. The molecule has 0 saturated heterocycles. The SMILES string of the molecule is CCC(C)(C)COC(=O)Oc1ccc(N=O)cc1. The van der Waals surface area contributed by atoms with Crippen LogP contribution in [-0.4, -0.2) is 12.8 Å². The minimum Gasteiger partial charge on any atom is -0.433 e. The van der Waals surface area contributed by atoms with Crippen LogP contribution in [0.1, 0.15) is 27.2 Å². The van der Waals surface area contributed by atoms with Crippen LogP contribution in [0.5, 0.6) is 5.75 Å². The molecule has 0 radical (unpaired) electrons. The van der Waals surface area contributed by atoms with Crippen molar-refractivity contribution in [3.8, 4) is 5.75 Å². The number of benzene rings is 1. The summed E-state index contributed by atoms with van der Waals surface area (Å²) in [6, 6.07) is 5.91. The molecule has 5 heteroatoms. The lowest BCUT2D eigenvalue weighted by atomic mass is 9.92. The Bertz CT molecular complexity index is 412. The Kier molecular flexibility index (Phi) is 4.83. The van der Waals surface area contributed by atoms with Gasteiger partial charge in [-0.25, -0.2) is 4.79 Å². The second kappa shape index (κ2) is 6.14. The van der Waals surface area contributed by atoms with Crippen LogP contribution in [0, 0.1) is 10.3 Å². The molecule has 1 rings (SSSR count). The molecule has 18 heavy (non-hydrogen) atoms. The summed E-state index contributed by atoms with van der Waals surface area (Å²) >= 11 is 0. The molecule has 0 aliphatic carbocycles. The molecule has 0 aliphatic rings. The van der Waals surface area contributed by atoms with Crippen LogP contribution in [0.25, 0.3) is 0 Å². The highest BCUT2D eigenvalue weighted by Crippen LogP contribution is 2.21. The van der Waals surface area contributed by atoms with Crippen molar-refractivity contribution < 1.29 is 14.3 Å². The molecule has 0 unspecified atom stereocenters. The van der Waals surface area contributed by atoms with Crippen LogP contribution in [-0.2, 0) is 4.74 Å². The highest BCUT2D eigenvalue weighted by molar-refractivity contribution is 5.64. The summed E-state index contributed by atoms with van der Waals surface area (Å²) in [7, 11) is 0. The number of hydrogen-bond donors (Lipinski definition) is 0. The summed E-state index contributed by atoms with van der Waals surface area (Å²) in [4.78, 5) is 21.6. The number of carbonyl (C=O) groups is 1. The summed E-state index contributed by atoms with van der Waals surface area (Å²) in [5.41, 5.74) is 0.215. The van der Waals surface area contributed by atoms with Gasteiger partial charge < -0.3 is 9.47 Å². The summed E-state index contributed by atoms with van der Waals surface area (Å²) in [5.74, 6) is 0.321. The van der Waals surface area contributed by atoms with E-state index in [4.69, 9.17) is 9.47 Å². The monoisotopic (exact) mass is 251 g/mol. The first-order valence-corrected chi connectivity index (χ1v) is 5.75. The molecule has 1 aromatic rings. The van der Waals surface area contributed by atoms with E-state index in [1.807, 2.05) is 20.8 Å². The van der Waals surface area contributed by atoms with Gasteiger partial charge in [-0.3, -0.25) is 0 Å². The van der Waals surface area contributed by atoms with Gasteiger partial charge in [-0.1, -0.05) is 20.8 Å². The zero-order valence-corrected chi connectivity index (χ0v) is 10.8. The molecule has 0 atom stereocenters. The fraction of sp³-hybridized carbons (Fsp3) is 0.462. The van der Waals surface area contributed by atoms with Crippen molar-refractivity contribution in [3.63, 3.8) is 0 Å². The average molecular weight is 251 g/mol. The van der Waals surface area contributed by atoms with Crippen molar-refractivity contribution in [3.05, 3.63) is 29.2 Å². The van der Waals surface area contributed by atoms with E-state index in [1.54, 1.807) is 0 Å². The van der Waals surface area contributed by atoms with Crippen molar-refractivity contribution in [2.75, 3.05) is 6.61 Å². The van der Waals surface area contributed by atoms with Crippen molar-refractivity contribution >= 4 is 11.8 Å². The number of hydrogen-bond acceptors (Lipinski definition) is 5. The van der Waals surface area contributed by atoms with E-state index in [-0.39, 0.29) is 11.1 Å². The van der Waals surface area contributed by atoms with Gasteiger partial charge in [-0.15, -0.1) is 4.91 Å². The smallest absolute Gasteiger partial charge is 0.433 e. The fourth-order valence-corrected chi connectivity index (χ4v) is 1.06. The van der Waals surface area contributed by atoms with Gasteiger partial charge in [0.2, 0.25) is 0 Å². The van der Waals surface area contributed by atoms with Crippen LogP contribution < -0.4 is 4.74 Å². The molecule has 0 bridgehead atoms. The maximum Gasteiger partial charge on any atom is 0.513 e. The molecule has 98 valence electrons. The van der Waals surface area contributed by atoms with E-state index in [9.17, 15) is 9.70 Å². The standard InChI is InChI=1S/C13H17NO4/c1-4-13(2,3)9-17-12(15)18-11-7-5-10(14-16)6-8-11/h5-8H,4,9H2,1-3H3. The molecule has 5 nitrogen and oxygen atoms in total. The first-order valence-electron chi connectivity index (χ1n) is 5.75. The second-order valence-corrected chi connectivity index (χ2v) is 4.74. The third kappa shape index (κ3) is 4.53. The van der Waals surface area contributed by atoms with Crippen molar-refractivity contribution in [2.45, 2.75) is 27.2 Å². The molecule has 1 aromatic carbocycles. The Morgan fingerprint density at radius 3 is 2.39 bits per heavy atom. The lowest BCUT2D eigenvalue weighted by molar-refractivity contribution is 0.0619. The normalized spacial score (nSPS) is 10.8. The predicted octanol–water partition coefficient (Wildman–Crippen LogP) is 4.04. The van der Waals surface area contributed by atoms with Gasteiger partial charge in [-0.05, 0) is 41.3 Å². The van der Waals surface area contributed by atoms with Crippen LogP contribution >= 0.6 is 0 Å². The van der Waals surface area contributed by atoms with Gasteiger partial charge in [0.05, 0.1) is 0 Å². The average Bonchev–Trinajstić information content (AvgIpc) is 2.37. The van der Waals surface area contributed by atoms with Crippen LogP contribution in [0.3, 0.4) is 0 Å². The van der Waals surface area contributed by atoms with Crippen LogP contribution in [0.4, 0.5) is 10.5 Å². The van der Waals surface area contributed by atoms with Gasteiger partial charge in [0, 0.05) is 0 Å². The Morgan fingerprint density at radius 1 is 1.28 bits per heavy atom. The molecule has 0 amide bonds. The van der Waals surface area contributed by atoms with Crippen LogP contribution in [0.2, 0.25) is 0 Å². The van der Waals surface area contributed by atoms with Crippen molar-refractivity contribution in [2.24, 2.45) is 10.6 Å². The minimum atomic E-state index is -0.747. The number of carbonyl (C=O) groups excluding carboxylic acids is 1. The number of nitroso groups, excluding NO2 is 1. The van der Waals surface area contributed by atoms with Crippen molar-refractivity contribution in [1.82, 2.24) is 0 Å². The molecule has 0 aromatic heterocycles. The predicted molar refractivity (Wildman–Crippen MR) is 67.9 cm³/mol. The van der Waals surface area contributed by atoms with E-state index in [1.165, 1.54) is 24.3 Å². The van der Waals surface area contributed by atoms with E-state index >= 15 is 0 Å². The molecular weight excluding hydrogens is 234 g/mol. The van der Waals surface area contributed by atoms with Gasteiger partial charge in [0.25, 0.3) is 0 Å². The fourth-order valence-electron chi connectivity index (χ4n) is 1.06. The van der Waals surface area contributed by atoms with E-state index in [0.29, 0.717) is 12.4 Å². The highest BCUT2D eigenvalue weighted by atomic mass is 16.7. The summed E-state index contributed by atoms with van der Waals surface area (Å²) < 4.78 is 9.96. The molecule has 0 aliphatic heterocycles. The Balaban J connectivity index is 2.46. The van der Waals surface area contributed by atoms with E-state index in [0.717, 1.165) is 6.42 Å². The summed E-state index contributed by atoms with van der Waals surface area (Å²) in [6.45, 7) is 6.34. The first-order chi connectivity index (χ1) is 8.46. The molecule has 0 heterocycles. The lowest BCUT2D eigenvalue weighted by Gasteiger charge is -2.21. The Labute approximate surface area is 106 Å². The van der Waals surface area contributed by atoms with Gasteiger partial charge in [0.1, 0.15) is 18.0 Å². The Hall–Kier alpha value is -1.91. The molecular formula is C13H17NO4. The number of rotatable bonds is 5. The third-order valence-corrected chi connectivity index (χ3v) is 2.68. The molecule has 0 N–H and O–H groups in total. The maximum atomic E-state index is 11.4. The number of nitrogens with zero attached hydrogens (tertiary/aromatic N) is 1. The maximum absolute atomic E-state index is 11.4. The Morgan fingerprint density at radius 2 is 1.89 bits per heavy atom. The van der Waals surface area contributed by atoms with Gasteiger partial charge in [-0.2, -0.15) is 0 Å². The summed E-state index contributed by atoms with van der Waals surface area (Å²) in [5, 5.41) is 2.75. The molecule has 0 fully saturated rings. The zero-order valence-electron chi connectivity index (χ0n) is 10.8. The van der Waals surface area contributed by atoms with Gasteiger partial charge >= 0.3 is 6.16 Å². The second-order valence-electron chi connectivity index (χ2n) is 4.74. The zero-order chi connectivity index (χ0) is 13.6. The van der Waals surface area contributed by atoms with Crippen LogP contribution in [0.15, 0.2) is 29.4 Å². The third-order valence-electron chi connectivity index (χ3n) is 2.68. The summed E-state index contributed by atoms with van der Waals surface area (Å²) in [6.07, 6.45) is 0.156. The van der Waals surface area contributed by atoms with E-state index in [2.05, 4.69) is 5.18 Å². The topological polar surface area (TPSA) is 65.0 Å². The minimum absolute atomic E-state index is 0.0652. The van der Waals surface area contributed by atoms with E-state index < -0.39 is 6.16 Å². The quantitative estimate of drug-likeness (QED) is 0.450. The molecule has 0 spiro atoms. The highest BCUT2D eigenvalue weighted by Gasteiger charge is 2.18. The van der Waals surface area contributed by atoms with Crippen molar-refractivity contribution in [1.29, 1.82) is 0 Å². The first kappa shape index (κ1) is 14.2.